The Balaban J connectivity index is 2.23. The third-order valence-corrected chi connectivity index (χ3v) is 3.89. The van der Waals surface area contributed by atoms with Crippen molar-refractivity contribution in [2.24, 2.45) is 5.73 Å². The molecule has 0 spiro atoms. The molecule has 0 aliphatic carbocycles. The van der Waals surface area contributed by atoms with Crippen molar-refractivity contribution in [2.75, 3.05) is 0 Å². The van der Waals surface area contributed by atoms with Crippen LogP contribution in [0.1, 0.15) is 17.2 Å². The SMILES string of the molecule is NC(Cc1ccc(Cl)cc1)c1ccc(F)c(F)c1Br. The smallest absolute Gasteiger partial charge is 0.173 e. The zero-order chi connectivity index (χ0) is 14.0. The van der Waals surface area contributed by atoms with Crippen molar-refractivity contribution < 1.29 is 8.78 Å². The Bertz CT molecular complexity index is 587. The Kier molecular flexibility index (Phi) is 4.55. The first-order chi connectivity index (χ1) is 8.99. The topological polar surface area (TPSA) is 26.0 Å². The van der Waals surface area contributed by atoms with Gasteiger partial charge in [0, 0.05) is 11.1 Å². The van der Waals surface area contributed by atoms with Gasteiger partial charge in [-0.25, -0.2) is 8.78 Å². The van der Waals surface area contributed by atoms with Crippen LogP contribution in [0.25, 0.3) is 0 Å². The first-order valence-corrected chi connectivity index (χ1v) is 6.79. The van der Waals surface area contributed by atoms with Gasteiger partial charge in [-0.15, -0.1) is 0 Å². The van der Waals surface area contributed by atoms with Gasteiger partial charge in [0.15, 0.2) is 11.6 Å². The van der Waals surface area contributed by atoms with Crippen molar-refractivity contribution in [1.29, 1.82) is 0 Å². The minimum Gasteiger partial charge on any atom is -0.324 e. The van der Waals surface area contributed by atoms with Crippen molar-refractivity contribution in [3.05, 3.63) is 68.7 Å². The Morgan fingerprint density at radius 3 is 2.37 bits per heavy atom. The molecule has 0 aliphatic heterocycles. The monoisotopic (exact) mass is 345 g/mol. The summed E-state index contributed by atoms with van der Waals surface area (Å²) in [7, 11) is 0. The van der Waals surface area contributed by atoms with Crippen molar-refractivity contribution in [1.82, 2.24) is 0 Å². The van der Waals surface area contributed by atoms with E-state index in [-0.39, 0.29) is 4.47 Å². The molecular weight excluding hydrogens is 336 g/mol. The summed E-state index contributed by atoms with van der Waals surface area (Å²) >= 11 is 8.84. The number of hydrogen-bond acceptors (Lipinski definition) is 1. The van der Waals surface area contributed by atoms with E-state index in [2.05, 4.69) is 15.9 Å². The summed E-state index contributed by atoms with van der Waals surface area (Å²) in [6.07, 6.45) is 0.515. The molecule has 0 saturated heterocycles. The summed E-state index contributed by atoms with van der Waals surface area (Å²) in [6.45, 7) is 0. The lowest BCUT2D eigenvalue weighted by Crippen LogP contribution is -2.14. The van der Waals surface area contributed by atoms with Crippen molar-refractivity contribution in [3.8, 4) is 0 Å². The van der Waals surface area contributed by atoms with E-state index in [0.717, 1.165) is 11.6 Å². The van der Waals surface area contributed by atoms with Gasteiger partial charge in [0.1, 0.15) is 0 Å². The highest BCUT2D eigenvalue weighted by Gasteiger charge is 2.16. The van der Waals surface area contributed by atoms with Crippen LogP contribution in [0.3, 0.4) is 0 Å². The van der Waals surface area contributed by atoms with Gasteiger partial charge >= 0.3 is 0 Å². The standard InChI is InChI=1S/C14H11BrClF2N/c15-13-10(5-6-11(17)14(13)18)12(19)7-8-1-3-9(16)4-2-8/h1-6,12H,7,19H2. The van der Waals surface area contributed by atoms with Gasteiger partial charge in [-0.05, 0) is 51.7 Å². The molecule has 0 saturated carbocycles. The molecular formula is C14H11BrClF2N. The van der Waals surface area contributed by atoms with Crippen LogP contribution in [0.2, 0.25) is 5.02 Å². The largest absolute Gasteiger partial charge is 0.324 e. The molecule has 0 bridgehead atoms. The van der Waals surface area contributed by atoms with Crippen LogP contribution in [-0.2, 0) is 6.42 Å². The van der Waals surface area contributed by atoms with E-state index in [0.29, 0.717) is 17.0 Å². The molecule has 0 radical (unpaired) electrons. The average Bonchev–Trinajstić information content (AvgIpc) is 2.39. The molecule has 0 aliphatic rings. The fraction of sp³-hybridized carbons (Fsp3) is 0.143. The molecule has 2 rings (SSSR count). The Morgan fingerprint density at radius 2 is 1.74 bits per heavy atom. The summed E-state index contributed by atoms with van der Waals surface area (Å²) in [4.78, 5) is 0. The summed E-state index contributed by atoms with van der Waals surface area (Å²) in [5, 5.41) is 0.645. The van der Waals surface area contributed by atoms with Crippen LogP contribution in [0.5, 0.6) is 0 Å². The Morgan fingerprint density at radius 1 is 1.11 bits per heavy atom. The van der Waals surface area contributed by atoms with Gasteiger partial charge in [0.25, 0.3) is 0 Å². The zero-order valence-corrected chi connectivity index (χ0v) is 12.2. The summed E-state index contributed by atoms with van der Waals surface area (Å²) in [5.41, 5.74) is 7.55. The molecule has 2 N–H and O–H groups in total. The molecule has 0 heterocycles. The number of benzene rings is 2. The van der Waals surface area contributed by atoms with Crippen LogP contribution in [-0.4, -0.2) is 0 Å². The van der Waals surface area contributed by atoms with Crippen LogP contribution in [0.4, 0.5) is 8.78 Å². The number of halogens is 4. The van der Waals surface area contributed by atoms with Crippen LogP contribution in [0, 0.1) is 11.6 Å². The van der Waals surface area contributed by atoms with Crippen LogP contribution in [0.15, 0.2) is 40.9 Å². The van der Waals surface area contributed by atoms with Crippen molar-refractivity contribution in [2.45, 2.75) is 12.5 Å². The highest BCUT2D eigenvalue weighted by molar-refractivity contribution is 9.10. The van der Waals surface area contributed by atoms with Gasteiger partial charge in [-0.3, -0.25) is 0 Å². The molecule has 0 aromatic heterocycles. The minimum atomic E-state index is -0.913. The maximum Gasteiger partial charge on any atom is 0.173 e. The van der Waals surface area contributed by atoms with Crippen LogP contribution >= 0.6 is 27.5 Å². The van der Waals surface area contributed by atoms with Gasteiger partial charge in [-0.1, -0.05) is 29.8 Å². The summed E-state index contributed by atoms with van der Waals surface area (Å²) < 4.78 is 26.6. The Hall–Kier alpha value is -0.970. The maximum atomic E-state index is 13.4. The van der Waals surface area contributed by atoms with E-state index in [1.165, 1.54) is 6.07 Å². The quantitative estimate of drug-likeness (QED) is 0.806. The third-order valence-electron chi connectivity index (χ3n) is 2.83. The normalized spacial score (nSPS) is 12.5. The number of rotatable bonds is 3. The van der Waals surface area contributed by atoms with E-state index in [9.17, 15) is 8.78 Å². The highest BCUT2D eigenvalue weighted by Crippen LogP contribution is 2.28. The fourth-order valence-corrected chi connectivity index (χ4v) is 2.55. The van der Waals surface area contributed by atoms with E-state index < -0.39 is 17.7 Å². The molecule has 1 unspecified atom stereocenters. The van der Waals surface area contributed by atoms with Crippen molar-refractivity contribution in [3.63, 3.8) is 0 Å². The van der Waals surface area contributed by atoms with E-state index in [1.54, 1.807) is 12.1 Å². The van der Waals surface area contributed by atoms with Gasteiger partial charge in [0.2, 0.25) is 0 Å². The van der Waals surface area contributed by atoms with Gasteiger partial charge in [-0.2, -0.15) is 0 Å². The van der Waals surface area contributed by atoms with Gasteiger partial charge < -0.3 is 5.73 Å². The molecule has 2 aromatic rings. The molecule has 1 nitrogen and oxygen atoms in total. The molecule has 19 heavy (non-hydrogen) atoms. The molecule has 0 fully saturated rings. The zero-order valence-electron chi connectivity index (χ0n) is 9.84. The fourth-order valence-electron chi connectivity index (χ4n) is 1.81. The number of hydrogen-bond donors (Lipinski definition) is 1. The first kappa shape index (κ1) is 14.4. The van der Waals surface area contributed by atoms with E-state index in [1.807, 2.05) is 12.1 Å². The Labute approximate surface area is 123 Å². The lowest BCUT2D eigenvalue weighted by atomic mass is 9.99. The van der Waals surface area contributed by atoms with Crippen LogP contribution < -0.4 is 5.73 Å². The summed E-state index contributed by atoms with van der Waals surface area (Å²) in [6, 6.07) is 9.39. The minimum absolute atomic E-state index is 0.0777. The molecule has 0 amide bonds. The molecule has 2 aromatic carbocycles. The van der Waals surface area contributed by atoms with Gasteiger partial charge in [0.05, 0.1) is 4.47 Å². The predicted octanol–water partition coefficient (Wildman–Crippen LogP) is 4.62. The second kappa shape index (κ2) is 5.99. The predicted molar refractivity (Wildman–Crippen MR) is 76.1 cm³/mol. The summed E-state index contributed by atoms with van der Waals surface area (Å²) in [5.74, 6) is -1.81. The van der Waals surface area contributed by atoms with Crippen molar-refractivity contribution >= 4 is 27.5 Å². The lowest BCUT2D eigenvalue weighted by Gasteiger charge is -2.14. The first-order valence-electron chi connectivity index (χ1n) is 5.62. The highest BCUT2D eigenvalue weighted by atomic mass is 79.9. The second-order valence-electron chi connectivity index (χ2n) is 4.20. The molecule has 1 atom stereocenters. The molecule has 5 heteroatoms. The molecule has 100 valence electrons. The maximum absolute atomic E-state index is 13.4. The average molecular weight is 347 g/mol. The van der Waals surface area contributed by atoms with E-state index in [4.69, 9.17) is 17.3 Å². The third kappa shape index (κ3) is 3.32. The second-order valence-corrected chi connectivity index (χ2v) is 5.43. The lowest BCUT2D eigenvalue weighted by molar-refractivity contribution is 0.500. The van der Waals surface area contributed by atoms with E-state index >= 15 is 0 Å². The number of nitrogens with two attached hydrogens (primary N) is 1.